The lowest BCUT2D eigenvalue weighted by molar-refractivity contribution is 0.102. The molecular weight excluding hydrogens is 394 g/mol. The van der Waals surface area contributed by atoms with Crippen molar-refractivity contribution in [3.63, 3.8) is 0 Å². The van der Waals surface area contributed by atoms with Gasteiger partial charge in [-0.2, -0.15) is 5.26 Å². The van der Waals surface area contributed by atoms with E-state index in [4.69, 9.17) is 5.26 Å². The molecule has 0 spiro atoms. The van der Waals surface area contributed by atoms with Crippen LogP contribution >= 0.6 is 34.9 Å². The van der Waals surface area contributed by atoms with Gasteiger partial charge in [0, 0.05) is 10.6 Å². The fraction of sp³-hybridized carbons (Fsp3) is 0.150. The standard InChI is InChI=1S/C20H17N3OS3/c1-13-19(25-2)27-20(22-13)23-18(24)16-5-3-4-6-17(16)26-12-15-9-7-14(11-21)8-10-15/h3-10H,12H2,1-2H3,(H,22,23,24). The number of thioether (sulfide) groups is 2. The molecule has 0 aliphatic carbocycles. The first kappa shape index (κ1) is 19.5. The molecule has 0 unspecified atom stereocenters. The Morgan fingerprint density at radius 2 is 1.96 bits per heavy atom. The fourth-order valence-electron chi connectivity index (χ4n) is 2.41. The molecule has 2 aromatic carbocycles. The van der Waals surface area contributed by atoms with Gasteiger partial charge in [-0.3, -0.25) is 10.1 Å². The van der Waals surface area contributed by atoms with E-state index in [0.717, 1.165) is 26.1 Å². The van der Waals surface area contributed by atoms with Crippen LogP contribution in [0.4, 0.5) is 5.13 Å². The van der Waals surface area contributed by atoms with Gasteiger partial charge in [-0.15, -0.1) is 23.5 Å². The molecule has 0 saturated heterocycles. The number of carbonyl (C=O) groups excluding carboxylic acids is 1. The molecule has 1 aromatic heterocycles. The highest BCUT2D eigenvalue weighted by Crippen LogP contribution is 2.31. The summed E-state index contributed by atoms with van der Waals surface area (Å²) in [5.74, 6) is 0.572. The molecule has 0 bridgehead atoms. The number of hydrogen-bond acceptors (Lipinski definition) is 6. The number of rotatable bonds is 6. The molecule has 27 heavy (non-hydrogen) atoms. The largest absolute Gasteiger partial charge is 0.298 e. The highest BCUT2D eigenvalue weighted by Gasteiger charge is 2.15. The van der Waals surface area contributed by atoms with E-state index in [-0.39, 0.29) is 5.91 Å². The molecule has 1 N–H and O–H groups in total. The number of nitriles is 1. The summed E-state index contributed by atoms with van der Waals surface area (Å²) in [4.78, 5) is 18.1. The van der Waals surface area contributed by atoms with Gasteiger partial charge in [-0.1, -0.05) is 35.6 Å². The molecule has 136 valence electrons. The molecule has 7 heteroatoms. The Kier molecular flexibility index (Phi) is 6.56. The molecule has 3 aromatic rings. The summed E-state index contributed by atoms with van der Waals surface area (Å²) >= 11 is 4.72. The second kappa shape index (κ2) is 9.09. The highest BCUT2D eigenvalue weighted by atomic mass is 32.2. The molecule has 0 aliphatic heterocycles. The Bertz CT molecular complexity index is 990. The van der Waals surface area contributed by atoms with Gasteiger partial charge in [-0.05, 0) is 43.0 Å². The van der Waals surface area contributed by atoms with Gasteiger partial charge >= 0.3 is 0 Å². The van der Waals surface area contributed by atoms with Crippen LogP contribution in [-0.4, -0.2) is 17.1 Å². The summed E-state index contributed by atoms with van der Waals surface area (Å²) in [5, 5.41) is 12.4. The zero-order valence-electron chi connectivity index (χ0n) is 14.9. The average Bonchev–Trinajstić information content (AvgIpc) is 3.06. The summed E-state index contributed by atoms with van der Waals surface area (Å²) in [6.45, 7) is 1.94. The van der Waals surface area contributed by atoms with Crippen molar-refractivity contribution < 1.29 is 4.79 Å². The third-order valence-electron chi connectivity index (χ3n) is 3.77. The van der Waals surface area contributed by atoms with Crippen LogP contribution in [0, 0.1) is 18.3 Å². The number of hydrogen-bond donors (Lipinski definition) is 1. The third-order valence-corrected chi connectivity index (χ3v) is 7.20. The normalized spacial score (nSPS) is 10.4. The molecule has 0 fully saturated rings. The fourth-order valence-corrected chi connectivity index (χ4v) is 5.02. The predicted molar refractivity (Wildman–Crippen MR) is 114 cm³/mol. The maximum absolute atomic E-state index is 12.7. The van der Waals surface area contributed by atoms with Gasteiger partial charge in [0.05, 0.1) is 27.1 Å². The van der Waals surface area contributed by atoms with E-state index in [0.29, 0.717) is 16.3 Å². The topological polar surface area (TPSA) is 65.8 Å². The van der Waals surface area contributed by atoms with Crippen LogP contribution in [0.25, 0.3) is 0 Å². The van der Waals surface area contributed by atoms with Crippen LogP contribution in [0.1, 0.15) is 27.2 Å². The molecule has 1 amide bonds. The van der Waals surface area contributed by atoms with Crippen molar-refractivity contribution in [1.82, 2.24) is 4.98 Å². The van der Waals surface area contributed by atoms with Crippen LogP contribution in [0.3, 0.4) is 0 Å². The van der Waals surface area contributed by atoms with Crippen LogP contribution in [0.5, 0.6) is 0 Å². The second-order valence-corrected chi connectivity index (χ2v) is 8.73. The van der Waals surface area contributed by atoms with Crippen molar-refractivity contribution in [2.75, 3.05) is 11.6 Å². The number of thiazole rings is 1. The zero-order chi connectivity index (χ0) is 19.2. The van der Waals surface area contributed by atoms with E-state index in [2.05, 4.69) is 16.4 Å². The molecule has 1 heterocycles. The lowest BCUT2D eigenvalue weighted by Crippen LogP contribution is -2.12. The van der Waals surface area contributed by atoms with E-state index in [1.807, 2.05) is 61.7 Å². The molecule has 4 nitrogen and oxygen atoms in total. The van der Waals surface area contributed by atoms with E-state index < -0.39 is 0 Å². The minimum Gasteiger partial charge on any atom is -0.298 e. The molecule has 0 radical (unpaired) electrons. The van der Waals surface area contributed by atoms with Crippen molar-refractivity contribution in [2.45, 2.75) is 21.8 Å². The van der Waals surface area contributed by atoms with Crippen molar-refractivity contribution >= 4 is 45.9 Å². The minimum absolute atomic E-state index is 0.153. The Balaban J connectivity index is 1.72. The van der Waals surface area contributed by atoms with Gasteiger partial charge in [0.15, 0.2) is 5.13 Å². The molecular formula is C20H17N3OS3. The van der Waals surface area contributed by atoms with Crippen LogP contribution in [0.2, 0.25) is 0 Å². The number of amides is 1. The van der Waals surface area contributed by atoms with Gasteiger partial charge in [-0.25, -0.2) is 4.98 Å². The van der Waals surface area contributed by atoms with E-state index in [1.165, 1.54) is 11.3 Å². The summed E-state index contributed by atoms with van der Waals surface area (Å²) < 4.78 is 1.11. The van der Waals surface area contributed by atoms with Crippen LogP contribution in [0.15, 0.2) is 57.6 Å². The average molecular weight is 412 g/mol. The molecule has 0 aliphatic rings. The van der Waals surface area contributed by atoms with Gasteiger partial charge < -0.3 is 0 Å². The van der Waals surface area contributed by atoms with E-state index in [1.54, 1.807) is 23.5 Å². The van der Waals surface area contributed by atoms with Gasteiger partial charge in [0.25, 0.3) is 5.91 Å². The Morgan fingerprint density at radius 1 is 1.22 bits per heavy atom. The number of anilines is 1. The van der Waals surface area contributed by atoms with Crippen molar-refractivity contribution in [3.8, 4) is 6.07 Å². The molecule has 0 atom stereocenters. The summed E-state index contributed by atoms with van der Waals surface area (Å²) in [5.41, 5.74) is 3.32. The van der Waals surface area contributed by atoms with Crippen molar-refractivity contribution in [1.29, 1.82) is 5.26 Å². The Labute approximate surface area is 171 Å². The van der Waals surface area contributed by atoms with Crippen molar-refractivity contribution in [2.24, 2.45) is 0 Å². The Morgan fingerprint density at radius 3 is 2.63 bits per heavy atom. The lowest BCUT2D eigenvalue weighted by Gasteiger charge is -2.09. The maximum atomic E-state index is 12.7. The number of aryl methyl sites for hydroxylation is 1. The van der Waals surface area contributed by atoms with Gasteiger partial charge in [0.2, 0.25) is 0 Å². The number of aromatic nitrogens is 1. The SMILES string of the molecule is CSc1sc(NC(=O)c2ccccc2SCc2ccc(C#N)cc2)nc1C. The number of benzene rings is 2. The van der Waals surface area contributed by atoms with E-state index in [9.17, 15) is 4.79 Å². The number of carbonyl (C=O) groups is 1. The summed E-state index contributed by atoms with van der Waals surface area (Å²) in [7, 11) is 0. The maximum Gasteiger partial charge on any atom is 0.258 e. The lowest BCUT2D eigenvalue weighted by atomic mass is 10.2. The van der Waals surface area contributed by atoms with Gasteiger partial charge in [0.1, 0.15) is 0 Å². The molecule has 0 saturated carbocycles. The number of nitrogens with zero attached hydrogens (tertiary/aromatic N) is 2. The monoisotopic (exact) mass is 411 g/mol. The quantitative estimate of drug-likeness (QED) is 0.536. The highest BCUT2D eigenvalue weighted by molar-refractivity contribution is 8.00. The smallest absolute Gasteiger partial charge is 0.258 e. The summed E-state index contributed by atoms with van der Waals surface area (Å²) in [6, 6.07) is 17.2. The zero-order valence-corrected chi connectivity index (χ0v) is 17.3. The molecule has 3 rings (SSSR count). The van der Waals surface area contributed by atoms with Crippen LogP contribution < -0.4 is 5.32 Å². The third kappa shape index (κ3) is 4.92. The van der Waals surface area contributed by atoms with Crippen LogP contribution in [-0.2, 0) is 5.75 Å². The predicted octanol–water partition coefficient (Wildman–Crippen LogP) is 5.59. The number of nitrogens with one attached hydrogen (secondary N) is 1. The first-order valence-electron chi connectivity index (χ1n) is 8.14. The first-order chi connectivity index (χ1) is 13.1. The summed E-state index contributed by atoms with van der Waals surface area (Å²) in [6.07, 6.45) is 2.00. The van der Waals surface area contributed by atoms with E-state index >= 15 is 0 Å². The second-order valence-electron chi connectivity index (χ2n) is 5.64. The minimum atomic E-state index is -0.153. The first-order valence-corrected chi connectivity index (χ1v) is 11.2. The Hall–Kier alpha value is -2.27. The van der Waals surface area contributed by atoms with Crippen molar-refractivity contribution in [3.05, 3.63) is 70.9 Å².